The van der Waals surface area contributed by atoms with E-state index in [1.54, 1.807) is 0 Å². The molecular formula is C52H33NOS. The lowest BCUT2D eigenvalue weighted by Gasteiger charge is -2.28. The molecule has 0 saturated heterocycles. The number of hydrogen-bond acceptors (Lipinski definition) is 3. The Morgan fingerprint density at radius 2 is 0.964 bits per heavy atom. The van der Waals surface area contributed by atoms with Crippen LogP contribution >= 0.6 is 11.3 Å². The zero-order valence-corrected chi connectivity index (χ0v) is 30.6. The molecule has 0 fully saturated rings. The van der Waals surface area contributed by atoms with Gasteiger partial charge in [0.2, 0.25) is 0 Å². The molecule has 0 spiro atoms. The van der Waals surface area contributed by atoms with E-state index >= 15 is 0 Å². The van der Waals surface area contributed by atoms with Crippen molar-refractivity contribution >= 4 is 81.3 Å². The molecule has 0 amide bonds. The van der Waals surface area contributed by atoms with E-state index in [-0.39, 0.29) is 0 Å². The van der Waals surface area contributed by atoms with E-state index in [1.807, 2.05) is 17.4 Å². The minimum atomic E-state index is 0.867. The van der Waals surface area contributed by atoms with Gasteiger partial charge in [-0.1, -0.05) is 152 Å². The second-order valence-corrected chi connectivity index (χ2v) is 15.2. The number of hydrogen-bond donors (Lipinski definition) is 0. The predicted octanol–water partition coefficient (Wildman–Crippen LogP) is 15.6. The lowest BCUT2D eigenvalue weighted by Crippen LogP contribution is -2.11. The zero-order valence-electron chi connectivity index (χ0n) is 29.8. The van der Waals surface area contributed by atoms with E-state index in [9.17, 15) is 0 Å². The number of fused-ring (bicyclic) bond motifs is 7. The van der Waals surface area contributed by atoms with Gasteiger partial charge in [0, 0.05) is 42.2 Å². The molecule has 11 aromatic rings. The van der Waals surface area contributed by atoms with Gasteiger partial charge < -0.3 is 9.32 Å². The molecule has 55 heavy (non-hydrogen) atoms. The van der Waals surface area contributed by atoms with Gasteiger partial charge in [0.15, 0.2) is 5.58 Å². The van der Waals surface area contributed by atoms with E-state index in [1.165, 1.54) is 58.8 Å². The maximum Gasteiger partial charge on any atom is 0.159 e. The Balaban J connectivity index is 1.03. The molecule has 0 unspecified atom stereocenters. The van der Waals surface area contributed by atoms with Crippen molar-refractivity contribution in [2.45, 2.75) is 0 Å². The third kappa shape index (κ3) is 5.40. The second-order valence-electron chi connectivity index (χ2n) is 14.1. The van der Waals surface area contributed by atoms with Gasteiger partial charge in [-0.05, 0) is 87.1 Å². The van der Waals surface area contributed by atoms with Crippen LogP contribution in [0.5, 0.6) is 0 Å². The van der Waals surface area contributed by atoms with Crippen molar-refractivity contribution < 1.29 is 4.42 Å². The Morgan fingerprint density at radius 1 is 0.364 bits per heavy atom. The van der Waals surface area contributed by atoms with Crippen molar-refractivity contribution in [2.75, 3.05) is 4.90 Å². The summed E-state index contributed by atoms with van der Waals surface area (Å²) in [5.74, 6) is 0. The Hall–Kier alpha value is -6.94. The lowest BCUT2D eigenvalue weighted by molar-refractivity contribution is 0.669. The van der Waals surface area contributed by atoms with E-state index < -0.39 is 0 Å². The van der Waals surface area contributed by atoms with Crippen LogP contribution in [0.3, 0.4) is 0 Å². The number of anilines is 3. The van der Waals surface area contributed by atoms with Crippen molar-refractivity contribution in [2.24, 2.45) is 0 Å². The molecule has 11 rings (SSSR count). The molecule has 0 atom stereocenters. The monoisotopic (exact) mass is 719 g/mol. The highest BCUT2D eigenvalue weighted by Gasteiger charge is 2.22. The number of furan rings is 1. The summed E-state index contributed by atoms with van der Waals surface area (Å²) in [6.45, 7) is 0. The van der Waals surface area contributed by atoms with Crippen molar-refractivity contribution in [3.63, 3.8) is 0 Å². The molecule has 9 aromatic carbocycles. The second kappa shape index (κ2) is 12.9. The highest BCUT2D eigenvalue weighted by molar-refractivity contribution is 7.25. The molecule has 0 radical (unpaired) electrons. The number of rotatable bonds is 6. The minimum Gasteiger partial charge on any atom is -0.454 e. The average molecular weight is 720 g/mol. The Kier molecular flexibility index (Phi) is 7.39. The molecule has 0 aliphatic carbocycles. The number of para-hydroxylation sites is 3. The molecule has 0 bridgehead atoms. The highest BCUT2D eigenvalue weighted by atomic mass is 32.1. The highest BCUT2D eigenvalue weighted by Crippen LogP contribution is 2.46. The quantitative estimate of drug-likeness (QED) is 0.170. The molecule has 258 valence electrons. The van der Waals surface area contributed by atoms with Crippen molar-refractivity contribution in [1.82, 2.24) is 0 Å². The first-order chi connectivity index (χ1) is 27.2. The van der Waals surface area contributed by atoms with Gasteiger partial charge in [0.1, 0.15) is 5.58 Å². The summed E-state index contributed by atoms with van der Waals surface area (Å²) < 4.78 is 9.27. The van der Waals surface area contributed by atoms with Crippen LogP contribution in [0.25, 0.3) is 86.3 Å². The van der Waals surface area contributed by atoms with Crippen LogP contribution in [-0.4, -0.2) is 0 Å². The number of thiophene rings is 1. The third-order valence-electron chi connectivity index (χ3n) is 10.9. The summed E-state index contributed by atoms with van der Waals surface area (Å²) in [4.78, 5) is 2.36. The minimum absolute atomic E-state index is 0.867. The van der Waals surface area contributed by atoms with Crippen molar-refractivity contribution in [3.05, 3.63) is 200 Å². The molecule has 0 N–H and O–H groups in total. The molecule has 2 nitrogen and oxygen atoms in total. The molecule has 0 aliphatic rings. The Bertz CT molecular complexity index is 3210. The standard InChI is InChI=1S/C52H33NOS/c1-2-11-38-32-39(25-24-34(38)10-1)37-22-20-35(21-23-37)36-26-29-41(30-27-36)53(48-17-9-15-46-43-13-4-7-18-49(43)54-52(46)48)47-16-6-3-12-42(47)40-28-31-45-44-14-5-8-19-50(44)55-51(45)33-40/h1-33H. The van der Waals surface area contributed by atoms with Gasteiger partial charge in [-0.3, -0.25) is 0 Å². The van der Waals surface area contributed by atoms with Gasteiger partial charge in [-0.25, -0.2) is 0 Å². The van der Waals surface area contributed by atoms with E-state index in [4.69, 9.17) is 4.42 Å². The van der Waals surface area contributed by atoms with E-state index in [2.05, 4.69) is 199 Å². The van der Waals surface area contributed by atoms with E-state index in [0.717, 1.165) is 44.6 Å². The molecular weight excluding hydrogens is 687 g/mol. The average Bonchev–Trinajstić information content (AvgIpc) is 3.83. The van der Waals surface area contributed by atoms with Crippen LogP contribution in [0.15, 0.2) is 205 Å². The SMILES string of the molecule is c1ccc(N(c2ccc(-c3ccc(-c4ccc5ccccc5c4)cc3)cc2)c2cccc3c2oc2ccccc23)c(-c2ccc3c(c2)sc2ccccc23)c1. The molecule has 2 aromatic heterocycles. The van der Waals surface area contributed by atoms with Crippen molar-refractivity contribution in [3.8, 4) is 33.4 Å². The predicted molar refractivity (Wildman–Crippen MR) is 235 cm³/mol. The number of benzene rings is 9. The van der Waals surface area contributed by atoms with E-state index in [0.29, 0.717) is 0 Å². The summed E-state index contributed by atoms with van der Waals surface area (Å²) in [5.41, 5.74) is 12.0. The fraction of sp³-hybridized carbons (Fsp3) is 0. The molecule has 0 aliphatic heterocycles. The van der Waals surface area contributed by atoms with Gasteiger partial charge in [0.25, 0.3) is 0 Å². The molecule has 0 saturated carbocycles. The normalized spacial score (nSPS) is 11.6. The summed E-state index contributed by atoms with van der Waals surface area (Å²) >= 11 is 1.85. The largest absolute Gasteiger partial charge is 0.454 e. The van der Waals surface area contributed by atoms with Crippen molar-refractivity contribution in [1.29, 1.82) is 0 Å². The van der Waals surface area contributed by atoms with Gasteiger partial charge in [0.05, 0.1) is 11.4 Å². The first-order valence-corrected chi connectivity index (χ1v) is 19.5. The first-order valence-electron chi connectivity index (χ1n) is 18.7. The zero-order chi connectivity index (χ0) is 36.3. The fourth-order valence-corrected chi connectivity index (χ4v) is 9.29. The van der Waals surface area contributed by atoms with Gasteiger partial charge in [-0.2, -0.15) is 0 Å². The van der Waals surface area contributed by atoms with Gasteiger partial charge >= 0.3 is 0 Å². The summed E-state index contributed by atoms with van der Waals surface area (Å²) in [6, 6.07) is 72.2. The lowest BCUT2D eigenvalue weighted by atomic mass is 9.98. The number of nitrogens with zero attached hydrogens (tertiary/aromatic N) is 1. The van der Waals surface area contributed by atoms with Crippen LogP contribution in [-0.2, 0) is 0 Å². The molecule has 2 heterocycles. The maximum atomic E-state index is 6.67. The van der Waals surface area contributed by atoms with Crippen LogP contribution in [0.4, 0.5) is 17.1 Å². The van der Waals surface area contributed by atoms with Crippen LogP contribution < -0.4 is 4.90 Å². The Morgan fingerprint density at radius 3 is 1.82 bits per heavy atom. The van der Waals surface area contributed by atoms with Crippen LogP contribution in [0.2, 0.25) is 0 Å². The topological polar surface area (TPSA) is 16.4 Å². The molecule has 3 heteroatoms. The van der Waals surface area contributed by atoms with Gasteiger partial charge in [-0.15, -0.1) is 11.3 Å². The Labute approximate surface area is 322 Å². The summed E-state index contributed by atoms with van der Waals surface area (Å²) in [7, 11) is 0. The van der Waals surface area contributed by atoms with Crippen LogP contribution in [0, 0.1) is 0 Å². The smallest absolute Gasteiger partial charge is 0.159 e. The summed E-state index contributed by atoms with van der Waals surface area (Å²) in [6.07, 6.45) is 0. The summed E-state index contributed by atoms with van der Waals surface area (Å²) in [5, 5.41) is 7.34. The first kappa shape index (κ1) is 31.6. The fourth-order valence-electron chi connectivity index (χ4n) is 8.15. The maximum absolute atomic E-state index is 6.67. The van der Waals surface area contributed by atoms with Crippen LogP contribution in [0.1, 0.15) is 0 Å². The third-order valence-corrected chi connectivity index (χ3v) is 12.0.